The van der Waals surface area contributed by atoms with Crippen LogP contribution in [-0.4, -0.2) is 9.85 Å². The molecule has 0 unspecified atom stereocenters. The highest BCUT2D eigenvalue weighted by molar-refractivity contribution is 8.38. The summed E-state index contributed by atoms with van der Waals surface area (Å²) in [6.07, 6.45) is 0. The van der Waals surface area contributed by atoms with Crippen LogP contribution in [0.2, 0.25) is 0 Å². The first-order valence-electron chi connectivity index (χ1n) is 3.31. The molecule has 0 saturated heterocycles. The van der Waals surface area contributed by atoms with Crippen molar-refractivity contribution in [3.05, 3.63) is 44.5 Å². The van der Waals surface area contributed by atoms with Crippen molar-refractivity contribution < 1.29 is 9.85 Å². The first-order valence-corrected chi connectivity index (χ1v) is 5.78. The van der Waals surface area contributed by atoms with E-state index in [1.807, 2.05) is 0 Å². The van der Waals surface area contributed by atoms with Crippen molar-refractivity contribution in [2.45, 2.75) is 0 Å². The van der Waals surface area contributed by atoms with Crippen LogP contribution in [-0.2, 0) is 0 Å². The van der Waals surface area contributed by atoms with Crippen LogP contribution >= 0.6 is 31.6 Å². The molecule has 0 aliphatic rings. The molecule has 82 valence electrons. The molecular weight excluding hydrogens is 267 g/mol. The molecule has 15 heavy (non-hydrogen) atoms. The second-order valence-corrected chi connectivity index (χ2v) is 3.58. The first-order chi connectivity index (χ1) is 7.04. The SMILES string of the molecule is ClSCl.O=[N+]([O-])c1ccccc1[N+](=O)[O-]. The lowest BCUT2D eigenvalue weighted by molar-refractivity contribution is -0.422. The standard InChI is InChI=1S/C6H4N2O4.Cl2S/c9-7(10)5-3-1-2-4-6(5)8(11)12;1-3-2/h1-4H;. The van der Waals surface area contributed by atoms with Crippen molar-refractivity contribution in [1.29, 1.82) is 0 Å². The van der Waals surface area contributed by atoms with Crippen LogP contribution in [0.1, 0.15) is 0 Å². The smallest absolute Gasteiger partial charge is 0.258 e. The van der Waals surface area contributed by atoms with Crippen LogP contribution in [0, 0.1) is 20.2 Å². The fourth-order valence-corrected chi connectivity index (χ4v) is 0.773. The number of rotatable bonds is 2. The summed E-state index contributed by atoms with van der Waals surface area (Å²) in [5.74, 6) is 0. The Kier molecular flexibility index (Phi) is 6.76. The Labute approximate surface area is 97.5 Å². The molecule has 0 amide bonds. The van der Waals surface area contributed by atoms with E-state index in [1.165, 1.54) is 12.1 Å². The third kappa shape index (κ3) is 4.82. The van der Waals surface area contributed by atoms with E-state index in [0.29, 0.717) is 10.2 Å². The van der Waals surface area contributed by atoms with Gasteiger partial charge in [0.15, 0.2) is 0 Å². The van der Waals surface area contributed by atoms with Gasteiger partial charge in [0.1, 0.15) is 0 Å². The molecular formula is C6H4Cl2N2O4S. The van der Waals surface area contributed by atoms with Gasteiger partial charge in [-0.1, -0.05) is 12.1 Å². The van der Waals surface area contributed by atoms with Gasteiger partial charge in [-0.25, -0.2) is 0 Å². The van der Waals surface area contributed by atoms with E-state index in [2.05, 4.69) is 21.4 Å². The van der Waals surface area contributed by atoms with E-state index < -0.39 is 21.2 Å². The summed E-state index contributed by atoms with van der Waals surface area (Å²) in [6.45, 7) is 0. The molecule has 0 fully saturated rings. The maximum atomic E-state index is 10.2. The summed E-state index contributed by atoms with van der Waals surface area (Å²) in [4.78, 5) is 18.9. The Balaban J connectivity index is 0.000000583. The van der Waals surface area contributed by atoms with Gasteiger partial charge in [-0.15, -0.1) is 0 Å². The van der Waals surface area contributed by atoms with Crippen LogP contribution in [0.25, 0.3) is 0 Å². The van der Waals surface area contributed by atoms with Gasteiger partial charge in [0.2, 0.25) is 0 Å². The maximum Gasteiger partial charge on any atom is 0.346 e. The van der Waals surface area contributed by atoms with E-state index >= 15 is 0 Å². The summed E-state index contributed by atoms with van der Waals surface area (Å²) in [7, 11) is 10.1. The van der Waals surface area contributed by atoms with Crippen molar-refractivity contribution >= 4 is 42.9 Å². The normalized spacial score (nSPS) is 8.67. The quantitative estimate of drug-likeness (QED) is 0.606. The number of halogens is 2. The molecule has 1 aromatic rings. The highest BCUT2D eigenvalue weighted by Crippen LogP contribution is 2.24. The average Bonchev–Trinajstić information content (AvgIpc) is 2.19. The minimum Gasteiger partial charge on any atom is -0.258 e. The van der Waals surface area contributed by atoms with Crippen LogP contribution < -0.4 is 0 Å². The third-order valence-electron chi connectivity index (χ3n) is 1.28. The molecule has 9 heteroatoms. The Bertz CT molecular complexity index is 330. The van der Waals surface area contributed by atoms with Crippen LogP contribution in [0.4, 0.5) is 11.4 Å². The highest BCUT2D eigenvalue weighted by Gasteiger charge is 2.21. The van der Waals surface area contributed by atoms with E-state index in [9.17, 15) is 20.2 Å². The van der Waals surface area contributed by atoms with Crippen LogP contribution in [0.3, 0.4) is 0 Å². The monoisotopic (exact) mass is 270 g/mol. The van der Waals surface area contributed by atoms with E-state index in [1.54, 1.807) is 0 Å². The summed E-state index contributed by atoms with van der Waals surface area (Å²) >= 11 is 0. The topological polar surface area (TPSA) is 86.3 Å². The molecule has 0 N–H and O–H groups in total. The van der Waals surface area contributed by atoms with Crippen molar-refractivity contribution in [1.82, 2.24) is 0 Å². The van der Waals surface area contributed by atoms with E-state index in [0.717, 1.165) is 12.1 Å². The first kappa shape index (κ1) is 13.9. The second-order valence-electron chi connectivity index (χ2n) is 2.06. The predicted molar refractivity (Wildman–Crippen MR) is 59.0 cm³/mol. The van der Waals surface area contributed by atoms with E-state index in [4.69, 9.17) is 0 Å². The Morgan fingerprint density at radius 1 is 1.00 bits per heavy atom. The molecule has 0 saturated carbocycles. The zero-order valence-electron chi connectivity index (χ0n) is 7.00. The van der Waals surface area contributed by atoms with Gasteiger partial charge in [0.25, 0.3) is 0 Å². The van der Waals surface area contributed by atoms with Crippen LogP contribution in [0.15, 0.2) is 24.3 Å². The average molecular weight is 271 g/mol. The fourth-order valence-electron chi connectivity index (χ4n) is 0.773. The summed E-state index contributed by atoms with van der Waals surface area (Å²) in [5, 5.41) is 20.5. The second kappa shape index (κ2) is 7.27. The van der Waals surface area contributed by atoms with Gasteiger partial charge in [0.05, 0.1) is 20.0 Å². The minimum absolute atomic E-state index is 0.484. The number of nitro benzene ring substituents is 2. The third-order valence-corrected chi connectivity index (χ3v) is 1.28. The molecule has 0 aliphatic heterocycles. The van der Waals surface area contributed by atoms with Gasteiger partial charge >= 0.3 is 11.4 Å². The number of hydrogen-bond acceptors (Lipinski definition) is 5. The van der Waals surface area contributed by atoms with Gasteiger partial charge in [-0.05, 0) is 21.4 Å². The zero-order chi connectivity index (χ0) is 11.8. The maximum absolute atomic E-state index is 10.2. The van der Waals surface area contributed by atoms with Crippen LogP contribution in [0.5, 0.6) is 0 Å². The summed E-state index contributed by atoms with van der Waals surface area (Å²) in [5.41, 5.74) is -0.968. The van der Waals surface area contributed by atoms with Crippen molar-refractivity contribution in [3.8, 4) is 0 Å². The molecule has 1 rings (SSSR count). The molecule has 0 atom stereocenters. The Hall–Kier alpha value is -1.05. The molecule has 0 aliphatic carbocycles. The van der Waals surface area contributed by atoms with Crippen molar-refractivity contribution in [2.24, 2.45) is 0 Å². The van der Waals surface area contributed by atoms with Gasteiger partial charge in [-0.3, -0.25) is 20.2 Å². The van der Waals surface area contributed by atoms with Gasteiger partial charge in [0, 0.05) is 12.1 Å². The molecule has 0 radical (unpaired) electrons. The van der Waals surface area contributed by atoms with Gasteiger partial charge in [-0.2, -0.15) is 0 Å². The largest absolute Gasteiger partial charge is 0.346 e. The lowest BCUT2D eigenvalue weighted by Crippen LogP contribution is -1.95. The fraction of sp³-hybridized carbons (Fsp3) is 0. The Morgan fingerprint density at radius 3 is 1.47 bits per heavy atom. The van der Waals surface area contributed by atoms with Crippen molar-refractivity contribution in [2.75, 3.05) is 0 Å². The van der Waals surface area contributed by atoms with Gasteiger partial charge < -0.3 is 0 Å². The summed E-state index contributed by atoms with van der Waals surface area (Å²) < 4.78 is 0. The molecule has 0 aromatic heterocycles. The molecule has 1 aromatic carbocycles. The lowest BCUT2D eigenvalue weighted by Gasteiger charge is -1.91. The summed E-state index contributed by atoms with van der Waals surface area (Å²) in [6, 6.07) is 4.95. The number of para-hydroxylation sites is 2. The number of hydrogen-bond donors (Lipinski definition) is 0. The van der Waals surface area contributed by atoms with Crippen molar-refractivity contribution in [3.63, 3.8) is 0 Å². The Morgan fingerprint density at radius 2 is 1.27 bits per heavy atom. The number of benzene rings is 1. The number of nitro groups is 2. The molecule has 0 heterocycles. The molecule has 6 nitrogen and oxygen atoms in total. The molecule has 0 bridgehead atoms. The van der Waals surface area contributed by atoms with E-state index in [-0.39, 0.29) is 0 Å². The minimum atomic E-state index is -0.780. The molecule has 0 spiro atoms. The highest BCUT2D eigenvalue weighted by atomic mass is 36.0. The zero-order valence-corrected chi connectivity index (χ0v) is 9.33. The number of nitrogens with zero attached hydrogens (tertiary/aromatic N) is 2. The lowest BCUT2D eigenvalue weighted by atomic mass is 10.3. The predicted octanol–water partition coefficient (Wildman–Crippen LogP) is 3.53.